The summed E-state index contributed by atoms with van der Waals surface area (Å²) in [6.45, 7) is 0. The van der Waals surface area contributed by atoms with E-state index in [9.17, 15) is 0 Å². The third kappa shape index (κ3) is 51.0. The van der Waals surface area contributed by atoms with Crippen molar-refractivity contribution in [2.75, 3.05) is 0 Å². The molecule has 0 saturated heterocycles. The summed E-state index contributed by atoms with van der Waals surface area (Å²) in [4.78, 5) is 0. The topological polar surface area (TPSA) is 67.0 Å². The van der Waals surface area contributed by atoms with Gasteiger partial charge in [-0.25, -0.2) is 0 Å². The monoisotopic (exact) mass is 277 g/mol. The Labute approximate surface area is 48.3 Å². The number of rotatable bonds is 0. The summed E-state index contributed by atoms with van der Waals surface area (Å²) in [6.07, 6.45) is 0. The molecule has 0 amide bonds. The van der Waals surface area contributed by atoms with Crippen molar-refractivity contribution in [1.29, 1.82) is 0 Å². The first-order valence-electron chi connectivity index (χ1n) is 0.120. The molecule has 0 atom stereocenters. The molecule has 0 saturated carbocycles. The fourth-order valence-corrected chi connectivity index (χ4v) is 0. The number of hydrogen-bond donors (Lipinski definition) is 0. The third-order valence-corrected chi connectivity index (χ3v) is 0. The van der Waals surface area contributed by atoms with E-state index in [1.165, 1.54) is 0 Å². The van der Waals surface area contributed by atoms with Crippen LogP contribution in [0.3, 0.4) is 0 Å². The first kappa shape index (κ1) is 39.3. The van der Waals surface area contributed by atoms with Gasteiger partial charge in [-0.3, -0.25) is 0 Å². The SMILES string of the molecule is [CH3-].[Cl][Pt].[NH2-].[NH2-]. The molecule has 0 aliphatic rings. The van der Waals surface area contributed by atoms with Crippen molar-refractivity contribution in [1.82, 2.24) is 0 Å². The van der Waals surface area contributed by atoms with Crippen LogP contribution in [0.1, 0.15) is 0 Å². The predicted octanol–water partition coefficient (Wildman–Crippen LogP) is 2.57. The molecule has 0 aromatic heterocycles. The van der Waals surface area contributed by atoms with Crippen LogP contribution in [0.25, 0.3) is 12.3 Å². The van der Waals surface area contributed by atoms with Crippen LogP contribution in [0.2, 0.25) is 0 Å². The Hall–Kier alpha value is 0.898. The molecular formula is CH7ClN2Pt-3. The summed E-state index contributed by atoms with van der Waals surface area (Å²) >= 11 is 1.61. The summed E-state index contributed by atoms with van der Waals surface area (Å²) in [5, 5.41) is 0. The first-order chi connectivity index (χ1) is 1.00. The Balaban J connectivity index is -0.00000000167. The van der Waals surface area contributed by atoms with E-state index < -0.39 is 0 Å². The molecule has 0 radical (unpaired) electrons. The molecular weight excluding hydrogens is 271 g/mol. The molecule has 0 spiro atoms. The quantitative estimate of drug-likeness (QED) is 0.611. The summed E-state index contributed by atoms with van der Waals surface area (Å²) in [6, 6.07) is 0. The summed E-state index contributed by atoms with van der Waals surface area (Å²) < 4.78 is 0. The van der Waals surface area contributed by atoms with Crippen LogP contribution >= 0.6 is 9.42 Å². The van der Waals surface area contributed by atoms with Gasteiger partial charge in [0.05, 0.1) is 0 Å². The van der Waals surface area contributed by atoms with Crippen LogP contribution in [0.5, 0.6) is 0 Å². The van der Waals surface area contributed by atoms with Gasteiger partial charge in [-0.15, -0.1) is 0 Å². The summed E-state index contributed by atoms with van der Waals surface area (Å²) in [5.74, 6) is 0. The van der Waals surface area contributed by atoms with Crippen LogP contribution in [0.15, 0.2) is 0 Å². The standard InChI is InChI=1S/CH3.ClH.2H2N.Pt/h1H3;1H;2*1H2;/q-1;;2*-1;+1/p-1. The predicted molar refractivity (Wildman–Crippen MR) is 22.8 cm³/mol. The van der Waals surface area contributed by atoms with Crippen molar-refractivity contribution >= 4 is 9.42 Å². The molecule has 0 aromatic rings. The molecule has 0 heterocycles. The smallest absolute Gasteiger partial charge is 0.693 e. The molecule has 2 nitrogen and oxygen atoms in total. The largest absolute Gasteiger partial charge is 0.693 e. The van der Waals surface area contributed by atoms with Crippen molar-refractivity contribution in [3.8, 4) is 0 Å². The maximum absolute atomic E-state index is 4.61. The van der Waals surface area contributed by atoms with Crippen LogP contribution in [0.4, 0.5) is 0 Å². The molecule has 41 valence electrons. The van der Waals surface area contributed by atoms with Gasteiger partial charge < -0.3 is 19.7 Å². The average molecular weight is 278 g/mol. The van der Waals surface area contributed by atoms with Gasteiger partial charge in [-0.05, 0) is 0 Å². The molecule has 0 rings (SSSR count). The normalized spacial score (nSPS) is 1.40. The van der Waals surface area contributed by atoms with Crippen molar-refractivity contribution < 1.29 is 18.8 Å². The molecule has 0 aliphatic heterocycles. The van der Waals surface area contributed by atoms with Gasteiger partial charge >= 0.3 is 28.2 Å². The van der Waals surface area contributed by atoms with Crippen LogP contribution in [-0.2, 0) is 18.8 Å². The van der Waals surface area contributed by atoms with Gasteiger partial charge in [0.15, 0.2) is 0 Å². The van der Waals surface area contributed by atoms with Gasteiger partial charge in [0, 0.05) is 0 Å². The minimum absolute atomic E-state index is 0. The zero-order valence-electron chi connectivity index (χ0n) is 2.85. The number of hydrogen-bond acceptors (Lipinski definition) is 0. The maximum atomic E-state index is 4.61. The molecule has 0 unspecified atom stereocenters. The molecule has 4 heteroatoms. The van der Waals surface area contributed by atoms with Gasteiger partial charge in [0.25, 0.3) is 0 Å². The minimum atomic E-state index is 0. The van der Waals surface area contributed by atoms with E-state index in [4.69, 9.17) is 0 Å². The molecule has 0 fully saturated rings. The van der Waals surface area contributed by atoms with Crippen LogP contribution in [-0.4, -0.2) is 0 Å². The molecule has 0 bridgehead atoms. The van der Waals surface area contributed by atoms with E-state index in [1.807, 2.05) is 0 Å². The molecule has 0 aromatic carbocycles. The Morgan fingerprint density at radius 2 is 1.00 bits per heavy atom. The van der Waals surface area contributed by atoms with E-state index in [0.29, 0.717) is 0 Å². The number of nitrogens with two attached hydrogens (primary N) is 2. The van der Waals surface area contributed by atoms with Crippen molar-refractivity contribution in [3.05, 3.63) is 19.7 Å². The van der Waals surface area contributed by atoms with Gasteiger partial charge in [0.1, 0.15) is 0 Å². The van der Waals surface area contributed by atoms with Gasteiger partial charge in [-0.1, -0.05) is 0 Å². The van der Waals surface area contributed by atoms with Crippen LogP contribution in [0, 0.1) is 7.43 Å². The Kier molecular flexibility index (Phi) is 725. The number of halogens is 1. The molecule has 4 N–H and O–H groups in total. The van der Waals surface area contributed by atoms with E-state index in [0.717, 1.165) is 0 Å². The first-order valence-corrected chi connectivity index (χ1v) is 2.94. The van der Waals surface area contributed by atoms with Crippen molar-refractivity contribution in [2.24, 2.45) is 0 Å². The minimum Gasteiger partial charge on any atom is -0.693 e. The van der Waals surface area contributed by atoms with Gasteiger partial charge in [-0.2, -0.15) is 0 Å². The summed E-state index contributed by atoms with van der Waals surface area (Å²) in [5.41, 5.74) is 0. The second-order valence-corrected chi connectivity index (χ2v) is 0. The van der Waals surface area contributed by atoms with E-state index >= 15 is 0 Å². The van der Waals surface area contributed by atoms with Crippen molar-refractivity contribution in [3.63, 3.8) is 0 Å². The Morgan fingerprint density at radius 1 is 1.00 bits per heavy atom. The third-order valence-electron chi connectivity index (χ3n) is 0. The van der Waals surface area contributed by atoms with E-state index in [-0.39, 0.29) is 19.7 Å². The maximum Gasteiger partial charge on any atom is -0.693 e. The fraction of sp³-hybridized carbons (Fsp3) is 0. The fourth-order valence-electron chi connectivity index (χ4n) is 0. The van der Waals surface area contributed by atoms with E-state index in [1.54, 1.807) is 18.8 Å². The van der Waals surface area contributed by atoms with Crippen molar-refractivity contribution in [2.45, 2.75) is 0 Å². The Morgan fingerprint density at radius 3 is 1.00 bits per heavy atom. The molecule has 0 aliphatic carbocycles. The van der Waals surface area contributed by atoms with E-state index in [2.05, 4.69) is 9.42 Å². The summed E-state index contributed by atoms with van der Waals surface area (Å²) in [7, 11) is 4.61. The van der Waals surface area contributed by atoms with Crippen LogP contribution < -0.4 is 0 Å². The second kappa shape index (κ2) is 92.2. The zero-order valence-corrected chi connectivity index (χ0v) is 5.88. The molecule has 5 heavy (non-hydrogen) atoms. The average Bonchev–Trinajstić information content (AvgIpc) is 1.00. The Bertz CT molecular complexity index is 9.61. The second-order valence-electron chi connectivity index (χ2n) is 0. The zero-order chi connectivity index (χ0) is 2.00. The van der Waals surface area contributed by atoms with Gasteiger partial charge in [0.2, 0.25) is 0 Å².